The molecule has 2 unspecified atom stereocenters. The molecular weight excluding hydrogens is 188 g/mol. The van der Waals surface area contributed by atoms with Crippen LogP contribution >= 0.6 is 15.9 Å². The standard InChI is InChI=1S/C9H17Br/c1-7(2)9(3)5-4-8(10)6-9/h7-8H,4-6H2,1-3H3. The summed E-state index contributed by atoms with van der Waals surface area (Å²) < 4.78 is 0. The second-order valence-corrected chi connectivity index (χ2v) is 5.44. The van der Waals surface area contributed by atoms with Crippen molar-refractivity contribution in [3.8, 4) is 0 Å². The fourth-order valence-corrected chi connectivity index (χ4v) is 2.69. The van der Waals surface area contributed by atoms with E-state index >= 15 is 0 Å². The van der Waals surface area contributed by atoms with Crippen LogP contribution in [-0.2, 0) is 0 Å². The number of rotatable bonds is 1. The van der Waals surface area contributed by atoms with E-state index in [0.717, 1.165) is 10.7 Å². The number of hydrogen-bond donors (Lipinski definition) is 0. The highest BCUT2D eigenvalue weighted by molar-refractivity contribution is 9.09. The predicted molar refractivity (Wildman–Crippen MR) is 49.5 cm³/mol. The zero-order valence-electron chi connectivity index (χ0n) is 7.15. The summed E-state index contributed by atoms with van der Waals surface area (Å²) in [5, 5.41) is 0. The highest BCUT2D eigenvalue weighted by atomic mass is 79.9. The van der Waals surface area contributed by atoms with Crippen molar-refractivity contribution >= 4 is 15.9 Å². The summed E-state index contributed by atoms with van der Waals surface area (Å²) in [7, 11) is 0. The van der Waals surface area contributed by atoms with Gasteiger partial charge in [-0.1, -0.05) is 36.7 Å². The third-order valence-electron chi connectivity index (χ3n) is 3.11. The van der Waals surface area contributed by atoms with Crippen LogP contribution in [0.25, 0.3) is 0 Å². The fraction of sp³-hybridized carbons (Fsp3) is 1.00. The van der Waals surface area contributed by atoms with Gasteiger partial charge in [-0.25, -0.2) is 0 Å². The lowest BCUT2D eigenvalue weighted by Crippen LogP contribution is -2.19. The molecule has 1 heteroatoms. The molecule has 0 aromatic heterocycles. The summed E-state index contributed by atoms with van der Waals surface area (Å²) in [6.45, 7) is 7.09. The monoisotopic (exact) mass is 204 g/mol. The highest BCUT2D eigenvalue weighted by Gasteiger charge is 2.35. The first kappa shape index (κ1) is 8.58. The van der Waals surface area contributed by atoms with Crippen LogP contribution in [0.4, 0.5) is 0 Å². The lowest BCUT2D eigenvalue weighted by molar-refractivity contribution is 0.229. The minimum absolute atomic E-state index is 0.619. The fourth-order valence-electron chi connectivity index (χ4n) is 1.72. The third-order valence-corrected chi connectivity index (χ3v) is 3.89. The van der Waals surface area contributed by atoms with Crippen LogP contribution in [0, 0.1) is 11.3 Å². The van der Waals surface area contributed by atoms with Crippen molar-refractivity contribution in [1.29, 1.82) is 0 Å². The van der Waals surface area contributed by atoms with E-state index in [-0.39, 0.29) is 0 Å². The summed E-state index contributed by atoms with van der Waals surface area (Å²) >= 11 is 3.68. The molecule has 60 valence electrons. The van der Waals surface area contributed by atoms with Gasteiger partial charge in [-0.3, -0.25) is 0 Å². The highest BCUT2D eigenvalue weighted by Crippen LogP contribution is 2.46. The van der Waals surface area contributed by atoms with Gasteiger partial charge in [-0.05, 0) is 30.6 Å². The van der Waals surface area contributed by atoms with Crippen LogP contribution in [-0.4, -0.2) is 4.83 Å². The molecule has 1 aliphatic carbocycles. The molecule has 1 fully saturated rings. The zero-order chi connectivity index (χ0) is 7.78. The first-order chi connectivity index (χ1) is 4.54. The van der Waals surface area contributed by atoms with Gasteiger partial charge in [0.15, 0.2) is 0 Å². The number of halogens is 1. The van der Waals surface area contributed by atoms with Crippen molar-refractivity contribution < 1.29 is 0 Å². The molecule has 0 bridgehead atoms. The van der Waals surface area contributed by atoms with Gasteiger partial charge < -0.3 is 0 Å². The Labute approximate surface area is 72.5 Å². The Morgan fingerprint density at radius 2 is 2.10 bits per heavy atom. The Kier molecular flexibility index (Phi) is 2.44. The minimum Gasteiger partial charge on any atom is -0.0890 e. The van der Waals surface area contributed by atoms with Crippen molar-refractivity contribution in [2.24, 2.45) is 11.3 Å². The lowest BCUT2D eigenvalue weighted by Gasteiger charge is -2.28. The van der Waals surface area contributed by atoms with Crippen LogP contribution in [0.2, 0.25) is 0 Å². The average Bonchev–Trinajstić information content (AvgIpc) is 2.13. The van der Waals surface area contributed by atoms with Gasteiger partial charge in [0.1, 0.15) is 0 Å². The van der Waals surface area contributed by atoms with Crippen molar-refractivity contribution in [2.75, 3.05) is 0 Å². The molecule has 0 aliphatic heterocycles. The summed E-state index contributed by atoms with van der Waals surface area (Å²) in [6, 6.07) is 0. The molecule has 10 heavy (non-hydrogen) atoms. The van der Waals surface area contributed by atoms with Gasteiger partial charge in [0.2, 0.25) is 0 Å². The van der Waals surface area contributed by atoms with E-state index in [4.69, 9.17) is 0 Å². The Bertz CT molecular complexity index is 120. The van der Waals surface area contributed by atoms with Crippen LogP contribution in [0.3, 0.4) is 0 Å². The second kappa shape index (κ2) is 2.84. The summed E-state index contributed by atoms with van der Waals surface area (Å²) in [4.78, 5) is 0.792. The van der Waals surface area contributed by atoms with Gasteiger partial charge in [0.25, 0.3) is 0 Å². The predicted octanol–water partition coefficient (Wildman–Crippen LogP) is 3.60. The van der Waals surface area contributed by atoms with E-state index in [1.165, 1.54) is 19.3 Å². The Morgan fingerprint density at radius 1 is 1.50 bits per heavy atom. The molecule has 0 heterocycles. The van der Waals surface area contributed by atoms with E-state index in [1.807, 2.05) is 0 Å². The van der Waals surface area contributed by atoms with Gasteiger partial charge in [-0.2, -0.15) is 0 Å². The largest absolute Gasteiger partial charge is 0.0890 e. The Balaban J connectivity index is 2.54. The molecule has 0 radical (unpaired) electrons. The van der Waals surface area contributed by atoms with E-state index < -0.39 is 0 Å². The van der Waals surface area contributed by atoms with Gasteiger partial charge >= 0.3 is 0 Å². The molecule has 1 saturated carbocycles. The molecule has 0 amide bonds. The van der Waals surface area contributed by atoms with Crippen LogP contribution in [0.15, 0.2) is 0 Å². The molecule has 0 spiro atoms. The molecule has 2 atom stereocenters. The zero-order valence-corrected chi connectivity index (χ0v) is 8.74. The van der Waals surface area contributed by atoms with E-state index in [9.17, 15) is 0 Å². The lowest BCUT2D eigenvalue weighted by atomic mass is 9.78. The van der Waals surface area contributed by atoms with E-state index in [2.05, 4.69) is 36.7 Å². The van der Waals surface area contributed by atoms with Gasteiger partial charge in [0.05, 0.1) is 0 Å². The Hall–Kier alpha value is 0.480. The quantitative estimate of drug-likeness (QED) is 0.574. The molecule has 0 N–H and O–H groups in total. The van der Waals surface area contributed by atoms with Crippen molar-refractivity contribution in [3.63, 3.8) is 0 Å². The summed E-state index contributed by atoms with van der Waals surface area (Å²) in [5.74, 6) is 0.843. The summed E-state index contributed by atoms with van der Waals surface area (Å²) in [5.41, 5.74) is 0.619. The molecule has 0 saturated heterocycles. The maximum atomic E-state index is 3.68. The maximum Gasteiger partial charge on any atom is 0.0151 e. The van der Waals surface area contributed by atoms with Crippen LogP contribution in [0.5, 0.6) is 0 Å². The molecule has 0 aromatic carbocycles. The number of hydrogen-bond acceptors (Lipinski definition) is 0. The first-order valence-corrected chi connectivity index (χ1v) is 5.10. The van der Waals surface area contributed by atoms with Gasteiger partial charge in [-0.15, -0.1) is 0 Å². The molecule has 1 aliphatic rings. The van der Waals surface area contributed by atoms with Gasteiger partial charge in [0, 0.05) is 4.83 Å². The SMILES string of the molecule is CC(C)C1(C)CCC(Br)C1. The maximum absolute atomic E-state index is 3.68. The number of alkyl halides is 1. The third kappa shape index (κ3) is 1.55. The van der Waals surface area contributed by atoms with E-state index in [0.29, 0.717) is 5.41 Å². The molecule has 0 nitrogen and oxygen atoms in total. The van der Waals surface area contributed by atoms with Crippen LogP contribution < -0.4 is 0 Å². The van der Waals surface area contributed by atoms with E-state index in [1.54, 1.807) is 0 Å². The van der Waals surface area contributed by atoms with Crippen molar-refractivity contribution in [2.45, 2.75) is 44.9 Å². The Morgan fingerprint density at radius 3 is 2.30 bits per heavy atom. The van der Waals surface area contributed by atoms with Crippen molar-refractivity contribution in [3.05, 3.63) is 0 Å². The smallest absolute Gasteiger partial charge is 0.0151 e. The first-order valence-electron chi connectivity index (χ1n) is 4.19. The minimum atomic E-state index is 0.619. The topological polar surface area (TPSA) is 0 Å². The molecule has 0 aromatic rings. The average molecular weight is 205 g/mol. The molecule has 1 rings (SSSR count). The second-order valence-electron chi connectivity index (χ2n) is 4.15. The normalized spacial score (nSPS) is 41.1. The molecular formula is C9H17Br. The van der Waals surface area contributed by atoms with Crippen molar-refractivity contribution in [1.82, 2.24) is 0 Å². The summed E-state index contributed by atoms with van der Waals surface area (Å²) in [6.07, 6.45) is 4.14. The van der Waals surface area contributed by atoms with Crippen LogP contribution in [0.1, 0.15) is 40.0 Å².